The maximum Gasteiger partial charge on any atom is 0.160 e. The number of benzene rings is 7. The second-order valence-corrected chi connectivity index (χ2v) is 14.8. The van der Waals surface area contributed by atoms with Gasteiger partial charge in [0.15, 0.2) is 5.82 Å². The predicted molar refractivity (Wildman–Crippen MR) is 215 cm³/mol. The molecule has 3 nitrogen and oxygen atoms in total. The van der Waals surface area contributed by atoms with Gasteiger partial charge in [0.1, 0.15) is 11.2 Å². The van der Waals surface area contributed by atoms with Crippen LogP contribution in [0.4, 0.5) is 0 Å². The van der Waals surface area contributed by atoms with Crippen molar-refractivity contribution >= 4 is 21.9 Å². The maximum atomic E-state index is 6.84. The predicted octanol–water partition coefficient (Wildman–Crippen LogP) is 12.4. The van der Waals surface area contributed by atoms with Gasteiger partial charge in [-0.3, -0.25) is 0 Å². The zero-order valence-corrected chi connectivity index (χ0v) is 29.5. The first-order valence-corrected chi connectivity index (χ1v) is 18.3. The average Bonchev–Trinajstić information content (AvgIpc) is 3.75. The molecule has 0 bridgehead atoms. The molecule has 11 rings (SSSR count). The highest BCUT2D eigenvalue weighted by Gasteiger charge is 2.54. The van der Waals surface area contributed by atoms with Gasteiger partial charge in [0, 0.05) is 32.9 Å². The van der Waals surface area contributed by atoms with E-state index in [2.05, 4.69) is 159 Å². The van der Waals surface area contributed by atoms with E-state index in [9.17, 15) is 0 Å². The highest BCUT2D eigenvalue weighted by Crippen LogP contribution is 2.63. The number of hydrogen-bond donors (Lipinski definition) is 0. The van der Waals surface area contributed by atoms with E-state index in [1.54, 1.807) is 0 Å². The minimum atomic E-state index is -0.489. The van der Waals surface area contributed by atoms with E-state index in [1.165, 1.54) is 44.5 Å². The molecule has 53 heavy (non-hydrogen) atoms. The fourth-order valence-electron chi connectivity index (χ4n) is 9.59. The molecule has 0 radical (unpaired) electrons. The molecule has 0 saturated heterocycles. The molecule has 0 amide bonds. The Hall–Kier alpha value is -6.58. The lowest BCUT2D eigenvalue weighted by atomic mass is 9.55. The van der Waals surface area contributed by atoms with Crippen LogP contribution in [0.15, 0.2) is 174 Å². The van der Waals surface area contributed by atoms with Crippen molar-refractivity contribution in [3.8, 4) is 45.0 Å². The first kappa shape index (κ1) is 30.1. The first-order chi connectivity index (χ1) is 26.0. The summed E-state index contributed by atoms with van der Waals surface area (Å²) in [6, 6.07) is 60.8. The van der Waals surface area contributed by atoms with Gasteiger partial charge in [-0.2, -0.15) is 0 Å². The molecule has 2 aromatic heterocycles. The van der Waals surface area contributed by atoms with Crippen molar-refractivity contribution < 1.29 is 4.42 Å². The van der Waals surface area contributed by atoms with E-state index in [1.807, 2.05) is 24.3 Å². The van der Waals surface area contributed by atoms with Crippen LogP contribution in [-0.4, -0.2) is 9.97 Å². The maximum absolute atomic E-state index is 6.84. The molecular weight excluding hydrogens is 645 g/mol. The summed E-state index contributed by atoms with van der Waals surface area (Å²) < 4.78 is 6.84. The molecule has 2 aliphatic rings. The van der Waals surface area contributed by atoms with E-state index < -0.39 is 5.41 Å². The summed E-state index contributed by atoms with van der Waals surface area (Å²) in [6.45, 7) is 4.77. The average molecular weight is 679 g/mol. The van der Waals surface area contributed by atoms with Gasteiger partial charge in [-0.1, -0.05) is 166 Å². The Morgan fingerprint density at radius 3 is 1.66 bits per heavy atom. The lowest BCUT2D eigenvalue weighted by Crippen LogP contribution is -2.40. The molecule has 3 heteroatoms. The molecule has 7 aromatic carbocycles. The third-order valence-electron chi connectivity index (χ3n) is 11.8. The Morgan fingerprint density at radius 1 is 0.415 bits per heavy atom. The molecule has 250 valence electrons. The molecule has 0 atom stereocenters. The number of rotatable bonds is 3. The fraction of sp³-hybridized carbons (Fsp3) is 0.0800. The van der Waals surface area contributed by atoms with Crippen LogP contribution in [0.3, 0.4) is 0 Å². The largest absolute Gasteiger partial charge is 0.456 e. The number of fused-ring (bicyclic) bond motifs is 13. The SMILES string of the molecule is CC1(C)c2ccccc2C2(c3ccccc3-c3ccccc32)c2ccc3oc4cccc(-c5cc(-c6ccccc6)nc(-c6ccccc6)n5)c4c3c21. The van der Waals surface area contributed by atoms with Gasteiger partial charge >= 0.3 is 0 Å². The molecule has 2 aliphatic carbocycles. The van der Waals surface area contributed by atoms with Crippen LogP contribution in [0, 0.1) is 0 Å². The van der Waals surface area contributed by atoms with Gasteiger partial charge in [-0.05, 0) is 62.7 Å². The number of furan rings is 1. The number of nitrogens with zero attached hydrogens (tertiary/aromatic N) is 2. The Balaban J connectivity index is 1.27. The van der Waals surface area contributed by atoms with Crippen LogP contribution in [0.5, 0.6) is 0 Å². The normalized spacial score (nSPS) is 14.5. The summed E-state index contributed by atoms with van der Waals surface area (Å²) in [4.78, 5) is 10.4. The number of aromatic nitrogens is 2. The Labute approximate surface area is 308 Å². The lowest BCUT2D eigenvalue weighted by Gasteiger charge is -2.47. The van der Waals surface area contributed by atoms with E-state index in [0.29, 0.717) is 5.82 Å². The van der Waals surface area contributed by atoms with Crippen molar-refractivity contribution in [1.29, 1.82) is 0 Å². The molecule has 0 saturated carbocycles. The third-order valence-corrected chi connectivity index (χ3v) is 11.8. The van der Waals surface area contributed by atoms with Crippen LogP contribution in [-0.2, 0) is 10.8 Å². The van der Waals surface area contributed by atoms with Crippen LogP contribution in [0.1, 0.15) is 47.2 Å². The lowest BCUT2D eigenvalue weighted by molar-refractivity contribution is 0.567. The molecule has 1 spiro atoms. The van der Waals surface area contributed by atoms with Crippen molar-refractivity contribution in [2.24, 2.45) is 0 Å². The fourth-order valence-corrected chi connectivity index (χ4v) is 9.59. The Bertz CT molecular complexity index is 2820. The summed E-state index contributed by atoms with van der Waals surface area (Å²) in [5.41, 5.74) is 16.2. The van der Waals surface area contributed by atoms with Gasteiger partial charge in [0.2, 0.25) is 0 Å². The smallest absolute Gasteiger partial charge is 0.160 e. The standard InChI is InChI=1S/C50H34N2O/c1-49(2)38-25-13-14-26-39(38)50(36-23-11-9-20-33(36)34-21-10-12-24-37(34)50)40-28-29-44-46(47(40)49)45-35(22-15-27-43(45)53-44)42-30-41(31-16-5-3-6-17-31)51-48(52-42)32-18-7-4-8-19-32/h3-30H,1-2H3. The zero-order valence-electron chi connectivity index (χ0n) is 29.5. The topological polar surface area (TPSA) is 38.9 Å². The summed E-state index contributed by atoms with van der Waals surface area (Å²) >= 11 is 0. The molecule has 0 aliphatic heterocycles. The summed E-state index contributed by atoms with van der Waals surface area (Å²) in [5.74, 6) is 0.696. The molecular formula is C50H34N2O. The highest BCUT2D eigenvalue weighted by atomic mass is 16.3. The summed E-state index contributed by atoms with van der Waals surface area (Å²) in [6.07, 6.45) is 0. The summed E-state index contributed by atoms with van der Waals surface area (Å²) in [7, 11) is 0. The molecule has 0 fully saturated rings. The van der Waals surface area contributed by atoms with Crippen LogP contribution in [0.2, 0.25) is 0 Å². The highest BCUT2D eigenvalue weighted by molar-refractivity contribution is 6.15. The van der Waals surface area contributed by atoms with Crippen molar-refractivity contribution in [1.82, 2.24) is 9.97 Å². The second kappa shape index (κ2) is 11.0. The number of hydrogen-bond acceptors (Lipinski definition) is 3. The first-order valence-electron chi connectivity index (χ1n) is 18.3. The minimum Gasteiger partial charge on any atom is -0.456 e. The van der Waals surface area contributed by atoms with Crippen molar-refractivity contribution in [3.63, 3.8) is 0 Å². The van der Waals surface area contributed by atoms with E-state index in [4.69, 9.17) is 14.4 Å². The van der Waals surface area contributed by atoms with Gasteiger partial charge in [-0.15, -0.1) is 0 Å². The van der Waals surface area contributed by atoms with E-state index >= 15 is 0 Å². The molecule has 2 heterocycles. The molecule has 9 aromatic rings. The minimum absolute atomic E-state index is 0.344. The van der Waals surface area contributed by atoms with Gasteiger partial charge in [-0.25, -0.2) is 9.97 Å². The van der Waals surface area contributed by atoms with Gasteiger partial charge < -0.3 is 4.42 Å². The van der Waals surface area contributed by atoms with Crippen molar-refractivity contribution in [2.75, 3.05) is 0 Å². The van der Waals surface area contributed by atoms with Crippen molar-refractivity contribution in [2.45, 2.75) is 24.7 Å². The van der Waals surface area contributed by atoms with E-state index in [0.717, 1.165) is 50.0 Å². The Kier molecular flexibility index (Phi) is 6.22. The second-order valence-electron chi connectivity index (χ2n) is 14.8. The third kappa shape index (κ3) is 4.05. The molecule has 0 unspecified atom stereocenters. The van der Waals surface area contributed by atoms with Gasteiger partial charge in [0.25, 0.3) is 0 Å². The summed E-state index contributed by atoms with van der Waals surface area (Å²) in [5, 5.41) is 2.23. The van der Waals surface area contributed by atoms with Crippen LogP contribution < -0.4 is 0 Å². The monoisotopic (exact) mass is 678 g/mol. The Morgan fingerprint density at radius 2 is 0.962 bits per heavy atom. The quantitative estimate of drug-likeness (QED) is 0.187. The zero-order chi connectivity index (χ0) is 35.3. The molecule has 0 N–H and O–H groups in total. The van der Waals surface area contributed by atoms with E-state index in [-0.39, 0.29) is 5.41 Å². The van der Waals surface area contributed by atoms with Crippen LogP contribution >= 0.6 is 0 Å². The van der Waals surface area contributed by atoms with Gasteiger partial charge in [0.05, 0.1) is 16.8 Å². The van der Waals surface area contributed by atoms with Crippen molar-refractivity contribution in [3.05, 3.63) is 203 Å². The van der Waals surface area contributed by atoms with Crippen LogP contribution in [0.25, 0.3) is 67.0 Å².